The Hall–Kier alpha value is -1.94. The third kappa shape index (κ3) is 2.10. The zero-order valence-corrected chi connectivity index (χ0v) is 13.0. The average Bonchev–Trinajstić information content (AvgIpc) is 2.50. The minimum atomic E-state index is -0.0473. The molecule has 2 aromatic rings. The summed E-state index contributed by atoms with van der Waals surface area (Å²) < 4.78 is 12.7. The van der Waals surface area contributed by atoms with Crippen LogP contribution in [0.2, 0.25) is 5.15 Å². The lowest BCUT2D eigenvalue weighted by molar-refractivity contribution is 0.354. The molecular weight excluding hydrogens is 290 g/mol. The lowest BCUT2D eigenvalue weighted by Crippen LogP contribution is -2.20. The molecule has 0 N–H and O–H groups in total. The molecule has 5 heteroatoms. The van der Waals surface area contributed by atoms with Gasteiger partial charge >= 0.3 is 0 Å². The van der Waals surface area contributed by atoms with Crippen LogP contribution >= 0.6 is 11.6 Å². The Bertz CT molecular complexity index is 780. The Morgan fingerprint density at radius 3 is 2.48 bits per heavy atom. The quantitative estimate of drug-likeness (QED) is 0.801. The molecule has 0 bridgehead atoms. The largest absolute Gasteiger partial charge is 0.493 e. The number of hydrogen-bond donors (Lipinski definition) is 0. The number of rotatable bonds is 2. The van der Waals surface area contributed by atoms with Crippen LogP contribution in [0, 0.1) is 6.92 Å². The van der Waals surface area contributed by atoms with Crippen LogP contribution in [0.3, 0.4) is 0 Å². The van der Waals surface area contributed by atoms with Gasteiger partial charge in [0, 0.05) is 23.7 Å². The predicted molar refractivity (Wildman–Crippen MR) is 82.7 cm³/mol. The van der Waals surface area contributed by atoms with Crippen LogP contribution in [0.5, 0.6) is 11.5 Å². The molecule has 0 saturated heterocycles. The van der Waals surface area contributed by atoms with Gasteiger partial charge in [-0.1, -0.05) is 11.6 Å². The fourth-order valence-electron chi connectivity index (χ4n) is 2.87. The van der Waals surface area contributed by atoms with Crippen LogP contribution in [0.15, 0.2) is 23.0 Å². The molecule has 1 aliphatic rings. The van der Waals surface area contributed by atoms with Crippen molar-refractivity contribution in [2.75, 3.05) is 14.2 Å². The summed E-state index contributed by atoms with van der Waals surface area (Å²) in [5, 5.41) is 0.473. The second kappa shape index (κ2) is 5.11. The third-order valence-electron chi connectivity index (χ3n) is 3.97. The molecule has 0 fully saturated rings. The standard InChI is InChI=1S/C16H16ClNO3/c1-9-12(19)8-15(17)18-5-4-10-6-13(20-2)14(21-3)7-11(10)16(9)18/h6-8H,4-5H2,1-3H3. The number of ether oxygens (including phenoxy) is 2. The van der Waals surface area contributed by atoms with Crippen molar-refractivity contribution in [3.63, 3.8) is 0 Å². The normalized spacial score (nSPS) is 12.6. The number of aromatic nitrogens is 1. The summed E-state index contributed by atoms with van der Waals surface area (Å²) >= 11 is 6.23. The zero-order valence-electron chi connectivity index (χ0n) is 12.2. The van der Waals surface area contributed by atoms with E-state index in [1.165, 1.54) is 6.07 Å². The van der Waals surface area contributed by atoms with E-state index in [0.717, 1.165) is 29.8 Å². The molecule has 1 aromatic carbocycles. The lowest BCUT2D eigenvalue weighted by Gasteiger charge is -2.26. The summed E-state index contributed by atoms with van der Waals surface area (Å²) in [7, 11) is 3.22. The molecule has 0 radical (unpaired) electrons. The van der Waals surface area contributed by atoms with Crippen molar-refractivity contribution >= 4 is 11.6 Å². The number of methoxy groups -OCH3 is 2. The van der Waals surface area contributed by atoms with E-state index in [0.29, 0.717) is 22.2 Å². The van der Waals surface area contributed by atoms with Crippen LogP contribution < -0.4 is 14.9 Å². The molecule has 4 nitrogen and oxygen atoms in total. The maximum atomic E-state index is 12.0. The fraction of sp³-hybridized carbons (Fsp3) is 0.312. The van der Waals surface area contributed by atoms with E-state index in [4.69, 9.17) is 21.1 Å². The van der Waals surface area contributed by atoms with Crippen molar-refractivity contribution in [1.29, 1.82) is 0 Å². The van der Waals surface area contributed by atoms with Crippen molar-refractivity contribution in [3.8, 4) is 22.8 Å². The second-order valence-corrected chi connectivity index (χ2v) is 5.46. The van der Waals surface area contributed by atoms with E-state index in [-0.39, 0.29) is 5.43 Å². The van der Waals surface area contributed by atoms with E-state index < -0.39 is 0 Å². The molecule has 21 heavy (non-hydrogen) atoms. The smallest absolute Gasteiger partial charge is 0.186 e. The summed E-state index contributed by atoms with van der Waals surface area (Å²) in [5.74, 6) is 1.35. The SMILES string of the molecule is COc1cc2c(cc1OC)-c1c(C)c(=O)cc(Cl)n1CC2. The van der Waals surface area contributed by atoms with Crippen LogP contribution in [-0.2, 0) is 13.0 Å². The summed E-state index contributed by atoms with van der Waals surface area (Å²) in [4.78, 5) is 12.0. The van der Waals surface area contributed by atoms with Crippen molar-refractivity contribution in [2.24, 2.45) is 0 Å². The van der Waals surface area contributed by atoms with Crippen LogP contribution in [-0.4, -0.2) is 18.8 Å². The molecule has 1 aromatic heterocycles. The Balaban J connectivity index is 2.34. The second-order valence-electron chi connectivity index (χ2n) is 5.07. The fourth-order valence-corrected chi connectivity index (χ4v) is 3.14. The minimum absolute atomic E-state index is 0.0473. The number of pyridine rings is 1. The maximum absolute atomic E-state index is 12.0. The first kappa shape index (κ1) is 14.0. The van der Waals surface area contributed by atoms with Gasteiger partial charge in [-0.15, -0.1) is 0 Å². The molecule has 1 aliphatic heterocycles. The molecular formula is C16H16ClNO3. The number of aryl methyl sites for hydroxylation is 1. The van der Waals surface area contributed by atoms with E-state index >= 15 is 0 Å². The molecule has 0 unspecified atom stereocenters. The van der Waals surface area contributed by atoms with Gasteiger partial charge in [-0.3, -0.25) is 4.79 Å². The number of fused-ring (bicyclic) bond motifs is 3. The van der Waals surface area contributed by atoms with Gasteiger partial charge in [0.2, 0.25) is 0 Å². The number of hydrogen-bond acceptors (Lipinski definition) is 3. The number of benzene rings is 1. The number of halogens is 1. The average molecular weight is 306 g/mol. The molecule has 3 rings (SSSR count). The molecule has 110 valence electrons. The predicted octanol–water partition coefficient (Wildman–Crippen LogP) is 3.05. The van der Waals surface area contributed by atoms with E-state index in [1.54, 1.807) is 14.2 Å². The first-order chi connectivity index (χ1) is 10.1. The highest BCUT2D eigenvalue weighted by molar-refractivity contribution is 6.29. The first-order valence-corrected chi connectivity index (χ1v) is 7.09. The zero-order chi connectivity index (χ0) is 15.1. The van der Waals surface area contributed by atoms with Crippen molar-refractivity contribution in [1.82, 2.24) is 4.57 Å². The summed E-state index contributed by atoms with van der Waals surface area (Å²) in [6.45, 7) is 2.58. The van der Waals surface area contributed by atoms with Gasteiger partial charge in [-0.2, -0.15) is 0 Å². The van der Waals surface area contributed by atoms with Gasteiger partial charge in [0.05, 0.1) is 19.9 Å². The van der Waals surface area contributed by atoms with Gasteiger partial charge in [0.1, 0.15) is 5.15 Å². The highest BCUT2D eigenvalue weighted by atomic mass is 35.5. The molecule has 0 saturated carbocycles. The maximum Gasteiger partial charge on any atom is 0.186 e. The Kier molecular flexibility index (Phi) is 3.41. The van der Waals surface area contributed by atoms with E-state index in [9.17, 15) is 4.79 Å². The van der Waals surface area contributed by atoms with Crippen LogP contribution in [0.1, 0.15) is 11.1 Å². The van der Waals surface area contributed by atoms with Crippen molar-refractivity contribution in [2.45, 2.75) is 19.9 Å². The van der Waals surface area contributed by atoms with Gasteiger partial charge in [-0.05, 0) is 31.0 Å². The molecule has 2 heterocycles. The Labute approximate surface area is 127 Å². The minimum Gasteiger partial charge on any atom is -0.493 e. The summed E-state index contributed by atoms with van der Waals surface area (Å²) in [6.07, 6.45) is 0.838. The Morgan fingerprint density at radius 2 is 1.81 bits per heavy atom. The molecule has 0 atom stereocenters. The summed E-state index contributed by atoms with van der Waals surface area (Å²) in [5.41, 5.74) is 3.64. The van der Waals surface area contributed by atoms with Crippen molar-refractivity contribution < 1.29 is 9.47 Å². The van der Waals surface area contributed by atoms with Crippen molar-refractivity contribution in [3.05, 3.63) is 44.7 Å². The summed E-state index contributed by atoms with van der Waals surface area (Å²) in [6, 6.07) is 5.37. The van der Waals surface area contributed by atoms with Gasteiger partial charge in [0.15, 0.2) is 16.9 Å². The molecule has 0 amide bonds. The van der Waals surface area contributed by atoms with Crippen LogP contribution in [0.4, 0.5) is 0 Å². The van der Waals surface area contributed by atoms with E-state index in [1.807, 2.05) is 23.6 Å². The number of nitrogens with zero attached hydrogens (tertiary/aromatic N) is 1. The highest BCUT2D eigenvalue weighted by Crippen LogP contribution is 2.39. The third-order valence-corrected chi connectivity index (χ3v) is 4.29. The topological polar surface area (TPSA) is 40.5 Å². The van der Waals surface area contributed by atoms with E-state index in [2.05, 4.69) is 0 Å². The lowest BCUT2D eigenvalue weighted by atomic mass is 9.94. The first-order valence-electron chi connectivity index (χ1n) is 6.72. The molecule has 0 aliphatic carbocycles. The van der Waals surface area contributed by atoms with Gasteiger partial charge < -0.3 is 14.0 Å². The van der Waals surface area contributed by atoms with Gasteiger partial charge in [0.25, 0.3) is 0 Å². The Morgan fingerprint density at radius 1 is 1.14 bits per heavy atom. The monoisotopic (exact) mass is 305 g/mol. The molecule has 0 spiro atoms. The van der Waals surface area contributed by atoms with Crippen LogP contribution in [0.25, 0.3) is 11.3 Å². The highest BCUT2D eigenvalue weighted by Gasteiger charge is 2.23. The van der Waals surface area contributed by atoms with Gasteiger partial charge in [-0.25, -0.2) is 0 Å².